The molecule has 1 saturated heterocycles. The molecule has 21 heavy (non-hydrogen) atoms. The molecule has 1 N–H and O–H groups in total. The third-order valence-corrected chi connectivity index (χ3v) is 4.33. The van der Waals surface area contributed by atoms with Gasteiger partial charge in [-0.25, -0.2) is 0 Å². The minimum Gasteiger partial charge on any atom is -0.467 e. The van der Waals surface area contributed by atoms with Crippen LogP contribution < -0.4 is 5.32 Å². The molecule has 0 radical (unpaired) electrons. The summed E-state index contributed by atoms with van der Waals surface area (Å²) in [5.41, 5.74) is -0.840. The molecule has 1 amide bonds. The quantitative estimate of drug-likeness (QED) is 0.924. The van der Waals surface area contributed by atoms with E-state index in [0.29, 0.717) is 6.26 Å². The van der Waals surface area contributed by atoms with Crippen LogP contribution in [0.3, 0.4) is 0 Å². The minimum absolute atomic E-state index is 0.0398. The van der Waals surface area contributed by atoms with Crippen LogP contribution in [0.15, 0.2) is 16.7 Å². The Morgan fingerprint density at radius 2 is 2.14 bits per heavy atom. The highest BCUT2D eigenvalue weighted by atomic mass is 32.2. The summed E-state index contributed by atoms with van der Waals surface area (Å²) in [6, 6.07) is 0.616. The van der Waals surface area contributed by atoms with Gasteiger partial charge in [0.1, 0.15) is 12.0 Å². The average molecular weight is 322 g/mol. The zero-order valence-corrected chi connectivity index (χ0v) is 12.4. The number of nitrogens with one attached hydrogen (secondary N) is 1. The third-order valence-electron chi connectivity index (χ3n) is 3.39. The van der Waals surface area contributed by atoms with E-state index < -0.39 is 11.7 Å². The molecular weight excluding hydrogens is 305 g/mol. The second kappa shape index (κ2) is 6.74. The summed E-state index contributed by atoms with van der Waals surface area (Å²) in [6.45, 7) is 3.45. The van der Waals surface area contributed by atoms with Crippen molar-refractivity contribution in [2.24, 2.45) is 0 Å². The molecule has 0 saturated carbocycles. The predicted octanol–water partition coefficient (Wildman–Crippen LogP) is 2.35. The number of alkyl halides is 3. The van der Waals surface area contributed by atoms with Crippen LogP contribution in [0, 0.1) is 0 Å². The van der Waals surface area contributed by atoms with Crippen LogP contribution in [-0.2, 0) is 17.5 Å². The highest BCUT2D eigenvalue weighted by Crippen LogP contribution is 2.30. The van der Waals surface area contributed by atoms with Crippen molar-refractivity contribution >= 4 is 17.7 Å². The first kappa shape index (κ1) is 16.2. The van der Waals surface area contributed by atoms with Crippen LogP contribution in [0.5, 0.6) is 0 Å². The predicted molar refractivity (Wildman–Crippen MR) is 73.9 cm³/mol. The zero-order valence-electron chi connectivity index (χ0n) is 11.6. The van der Waals surface area contributed by atoms with Crippen molar-refractivity contribution in [3.8, 4) is 0 Å². The van der Waals surface area contributed by atoms with Gasteiger partial charge in [-0.3, -0.25) is 9.69 Å². The molecule has 1 unspecified atom stereocenters. The first-order valence-corrected chi connectivity index (χ1v) is 7.77. The van der Waals surface area contributed by atoms with Crippen molar-refractivity contribution in [3.63, 3.8) is 0 Å². The Balaban J connectivity index is 1.84. The molecule has 0 aromatic carbocycles. The van der Waals surface area contributed by atoms with Crippen LogP contribution >= 0.6 is 11.8 Å². The lowest BCUT2D eigenvalue weighted by molar-refractivity contribution is -0.137. The SMILES string of the molecule is CC(C(=O)NCc1cc(C(F)(F)F)co1)N1CCSCC1. The molecule has 1 aliphatic heterocycles. The van der Waals surface area contributed by atoms with Gasteiger partial charge in [-0.05, 0) is 13.0 Å². The van der Waals surface area contributed by atoms with Crippen molar-refractivity contribution in [2.75, 3.05) is 24.6 Å². The van der Waals surface area contributed by atoms with E-state index in [1.807, 2.05) is 11.8 Å². The van der Waals surface area contributed by atoms with Crippen molar-refractivity contribution in [3.05, 3.63) is 23.7 Å². The van der Waals surface area contributed by atoms with Crippen LogP contribution in [0.25, 0.3) is 0 Å². The molecule has 1 aromatic rings. The van der Waals surface area contributed by atoms with Crippen LogP contribution in [-0.4, -0.2) is 41.4 Å². The van der Waals surface area contributed by atoms with E-state index in [0.717, 1.165) is 30.7 Å². The van der Waals surface area contributed by atoms with Crippen molar-refractivity contribution in [2.45, 2.75) is 25.7 Å². The van der Waals surface area contributed by atoms with Gasteiger partial charge in [0.15, 0.2) is 0 Å². The summed E-state index contributed by atoms with van der Waals surface area (Å²) in [6.07, 6.45) is -3.77. The smallest absolute Gasteiger partial charge is 0.419 e. The topological polar surface area (TPSA) is 45.5 Å². The highest BCUT2D eigenvalue weighted by molar-refractivity contribution is 7.99. The maximum atomic E-state index is 12.4. The molecule has 1 aliphatic rings. The fourth-order valence-corrected chi connectivity index (χ4v) is 3.01. The summed E-state index contributed by atoms with van der Waals surface area (Å²) in [5, 5.41) is 2.61. The molecule has 1 fully saturated rings. The number of amides is 1. The Labute approximate surface area is 125 Å². The number of halogens is 3. The van der Waals surface area contributed by atoms with E-state index in [9.17, 15) is 18.0 Å². The summed E-state index contributed by atoms with van der Waals surface area (Å²) in [7, 11) is 0. The lowest BCUT2D eigenvalue weighted by atomic mass is 10.2. The van der Waals surface area contributed by atoms with Gasteiger partial charge in [-0.15, -0.1) is 0 Å². The largest absolute Gasteiger partial charge is 0.467 e. The number of rotatable bonds is 4. The Kier molecular flexibility index (Phi) is 5.21. The Morgan fingerprint density at radius 1 is 1.48 bits per heavy atom. The summed E-state index contributed by atoms with van der Waals surface area (Å²) >= 11 is 1.85. The second-order valence-corrected chi connectivity index (χ2v) is 6.07. The Hall–Kier alpha value is -1.15. The fourth-order valence-electron chi connectivity index (χ4n) is 2.07. The summed E-state index contributed by atoms with van der Waals surface area (Å²) in [4.78, 5) is 14.1. The van der Waals surface area contributed by atoms with E-state index in [1.165, 1.54) is 0 Å². The number of hydrogen-bond donors (Lipinski definition) is 1. The molecule has 2 heterocycles. The molecule has 1 aromatic heterocycles. The van der Waals surface area contributed by atoms with E-state index >= 15 is 0 Å². The number of hydrogen-bond acceptors (Lipinski definition) is 4. The molecule has 4 nitrogen and oxygen atoms in total. The van der Waals surface area contributed by atoms with Crippen molar-refractivity contribution in [1.82, 2.24) is 10.2 Å². The zero-order chi connectivity index (χ0) is 15.5. The molecule has 0 aliphatic carbocycles. The standard InChI is InChI=1S/C13H17F3N2O2S/c1-9(18-2-4-21-5-3-18)12(19)17-7-11-6-10(8-20-11)13(14,15)16/h6,8-9H,2-5,7H2,1H3,(H,17,19). The number of nitrogens with zero attached hydrogens (tertiary/aromatic N) is 1. The van der Waals surface area contributed by atoms with Gasteiger partial charge in [0, 0.05) is 24.6 Å². The lowest BCUT2D eigenvalue weighted by Crippen LogP contribution is -2.48. The second-order valence-electron chi connectivity index (χ2n) is 4.84. The molecule has 0 spiro atoms. The van der Waals surface area contributed by atoms with Crippen LogP contribution in [0.4, 0.5) is 13.2 Å². The first-order chi connectivity index (χ1) is 9.88. The molecular formula is C13H17F3N2O2S. The van der Waals surface area contributed by atoms with Gasteiger partial charge in [0.25, 0.3) is 0 Å². The van der Waals surface area contributed by atoms with E-state index in [-0.39, 0.29) is 24.3 Å². The van der Waals surface area contributed by atoms with Crippen molar-refractivity contribution in [1.29, 1.82) is 0 Å². The van der Waals surface area contributed by atoms with Gasteiger partial charge in [0.05, 0.1) is 18.2 Å². The molecule has 0 bridgehead atoms. The van der Waals surface area contributed by atoms with E-state index in [1.54, 1.807) is 6.92 Å². The number of carbonyl (C=O) groups is 1. The first-order valence-electron chi connectivity index (χ1n) is 6.62. The maximum absolute atomic E-state index is 12.4. The van der Waals surface area contributed by atoms with Gasteiger partial charge in [0.2, 0.25) is 5.91 Å². The molecule has 2 rings (SSSR count). The normalized spacial score (nSPS) is 18.5. The van der Waals surface area contributed by atoms with Crippen LogP contribution in [0.1, 0.15) is 18.2 Å². The Bertz CT molecular complexity index is 484. The lowest BCUT2D eigenvalue weighted by Gasteiger charge is -2.30. The van der Waals surface area contributed by atoms with Gasteiger partial charge in [-0.2, -0.15) is 24.9 Å². The van der Waals surface area contributed by atoms with Gasteiger partial charge in [-0.1, -0.05) is 0 Å². The number of thioether (sulfide) groups is 1. The third kappa shape index (κ3) is 4.41. The molecule has 118 valence electrons. The highest BCUT2D eigenvalue weighted by Gasteiger charge is 2.32. The number of carbonyl (C=O) groups excluding carboxylic acids is 1. The maximum Gasteiger partial charge on any atom is 0.419 e. The van der Waals surface area contributed by atoms with E-state index in [4.69, 9.17) is 4.42 Å². The number of furan rings is 1. The monoisotopic (exact) mass is 322 g/mol. The van der Waals surface area contributed by atoms with E-state index in [2.05, 4.69) is 10.2 Å². The molecule has 1 atom stereocenters. The van der Waals surface area contributed by atoms with Gasteiger partial charge < -0.3 is 9.73 Å². The average Bonchev–Trinajstić information content (AvgIpc) is 2.94. The van der Waals surface area contributed by atoms with Crippen LogP contribution in [0.2, 0.25) is 0 Å². The minimum atomic E-state index is -4.43. The fraction of sp³-hybridized carbons (Fsp3) is 0.615. The van der Waals surface area contributed by atoms with Crippen molar-refractivity contribution < 1.29 is 22.4 Å². The van der Waals surface area contributed by atoms with Gasteiger partial charge >= 0.3 is 6.18 Å². The Morgan fingerprint density at radius 3 is 2.71 bits per heavy atom. The summed E-state index contributed by atoms with van der Waals surface area (Å²) < 4.78 is 42.1. The summed E-state index contributed by atoms with van der Waals surface area (Å²) in [5.74, 6) is 1.87. The molecule has 8 heteroatoms.